The molecule has 1 rings (SSSR count). The Morgan fingerprint density at radius 3 is 2.45 bits per heavy atom. The molecule has 4 N–H and O–H groups in total. The number of hydrogen-bond acceptors (Lipinski definition) is 2. The molecule has 5 heteroatoms. The lowest BCUT2D eigenvalue weighted by molar-refractivity contribution is 0.242. The van der Waals surface area contributed by atoms with Crippen LogP contribution in [0.15, 0.2) is 0 Å². The Balaban J connectivity index is 0.000001000. The van der Waals surface area contributed by atoms with Crippen LogP contribution < -0.4 is 16.4 Å². The Kier molecular flexibility index (Phi) is 4.98. The van der Waals surface area contributed by atoms with Crippen molar-refractivity contribution in [2.24, 2.45) is 5.73 Å². The fourth-order valence-electron chi connectivity index (χ4n) is 1.17. The zero-order valence-electron chi connectivity index (χ0n) is 6.30. The van der Waals surface area contributed by atoms with Gasteiger partial charge < -0.3 is 16.4 Å². The monoisotopic (exact) mass is 179 g/mol. The molecule has 2 amide bonds. The molecule has 0 bridgehead atoms. The normalized spacial score (nSPS) is 18.5. The molecule has 0 atom stereocenters. The Morgan fingerprint density at radius 1 is 1.45 bits per heavy atom. The molecule has 1 heterocycles. The van der Waals surface area contributed by atoms with Crippen LogP contribution in [0, 0.1) is 0 Å². The van der Waals surface area contributed by atoms with Crippen molar-refractivity contribution in [1.82, 2.24) is 10.6 Å². The van der Waals surface area contributed by atoms with Gasteiger partial charge in [-0.1, -0.05) is 0 Å². The number of rotatable bonds is 1. The van der Waals surface area contributed by atoms with Crippen LogP contribution in [0.4, 0.5) is 4.79 Å². The molecule has 1 fully saturated rings. The number of halogens is 1. The molecule has 0 aromatic heterocycles. The van der Waals surface area contributed by atoms with Crippen molar-refractivity contribution < 1.29 is 4.79 Å². The molecule has 0 aromatic rings. The molecule has 0 saturated carbocycles. The van der Waals surface area contributed by atoms with Crippen LogP contribution in [0.5, 0.6) is 0 Å². The number of carbonyl (C=O) groups is 1. The van der Waals surface area contributed by atoms with E-state index in [0.29, 0.717) is 6.04 Å². The number of carbonyl (C=O) groups excluding carboxylic acids is 1. The smallest absolute Gasteiger partial charge is 0.312 e. The third kappa shape index (κ3) is 4.06. The van der Waals surface area contributed by atoms with Gasteiger partial charge in [0.1, 0.15) is 0 Å². The molecular formula is C6H14ClN3O. The molecule has 11 heavy (non-hydrogen) atoms. The molecule has 66 valence electrons. The van der Waals surface area contributed by atoms with Crippen molar-refractivity contribution in [1.29, 1.82) is 0 Å². The van der Waals surface area contributed by atoms with Gasteiger partial charge in [-0.3, -0.25) is 0 Å². The van der Waals surface area contributed by atoms with Crippen LogP contribution in [0.25, 0.3) is 0 Å². The Hall–Kier alpha value is -0.480. The van der Waals surface area contributed by atoms with Crippen LogP contribution in [-0.4, -0.2) is 25.2 Å². The maximum atomic E-state index is 10.4. The number of hydrogen-bond donors (Lipinski definition) is 3. The highest BCUT2D eigenvalue weighted by molar-refractivity contribution is 5.85. The summed E-state index contributed by atoms with van der Waals surface area (Å²) in [5.74, 6) is 0. The summed E-state index contributed by atoms with van der Waals surface area (Å²) >= 11 is 0. The summed E-state index contributed by atoms with van der Waals surface area (Å²) in [5, 5.41) is 5.88. The van der Waals surface area contributed by atoms with Crippen molar-refractivity contribution in [3.63, 3.8) is 0 Å². The highest BCUT2D eigenvalue weighted by Crippen LogP contribution is 2.00. The average Bonchev–Trinajstić information content (AvgIpc) is 1.88. The molecule has 0 aromatic carbocycles. The fourth-order valence-corrected chi connectivity index (χ4v) is 1.17. The second kappa shape index (κ2) is 5.21. The second-order valence-electron chi connectivity index (χ2n) is 2.53. The largest absolute Gasteiger partial charge is 0.352 e. The van der Waals surface area contributed by atoms with E-state index in [1.807, 2.05) is 0 Å². The molecule has 4 nitrogen and oxygen atoms in total. The zero-order valence-corrected chi connectivity index (χ0v) is 7.12. The van der Waals surface area contributed by atoms with Gasteiger partial charge in [-0.2, -0.15) is 0 Å². The Morgan fingerprint density at radius 2 is 2.00 bits per heavy atom. The molecule has 0 unspecified atom stereocenters. The van der Waals surface area contributed by atoms with Gasteiger partial charge in [-0.25, -0.2) is 4.79 Å². The van der Waals surface area contributed by atoms with E-state index in [-0.39, 0.29) is 12.4 Å². The minimum Gasteiger partial charge on any atom is -0.352 e. The van der Waals surface area contributed by atoms with Crippen LogP contribution in [0.1, 0.15) is 12.8 Å². The lowest BCUT2D eigenvalue weighted by atomic mass is 10.1. The summed E-state index contributed by atoms with van der Waals surface area (Å²) in [6.45, 7) is 1.95. The third-order valence-corrected chi connectivity index (χ3v) is 1.69. The topological polar surface area (TPSA) is 67.2 Å². The van der Waals surface area contributed by atoms with Gasteiger partial charge in [0.15, 0.2) is 0 Å². The van der Waals surface area contributed by atoms with E-state index in [1.165, 1.54) is 0 Å². The van der Waals surface area contributed by atoms with Gasteiger partial charge in [0, 0.05) is 6.04 Å². The molecule has 1 saturated heterocycles. The van der Waals surface area contributed by atoms with Crippen molar-refractivity contribution in [3.8, 4) is 0 Å². The first-order valence-electron chi connectivity index (χ1n) is 3.56. The SMILES string of the molecule is Cl.NC(=O)NC1CCNCC1. The average molecular weight is 180 g/mol. The molecular weight excluding hydrogens is 166 g/mol. The van der Waals surface area contributed by atoms with Gasteiger partial charge >= 0.3 is 6.03 Å². The van der Waals surface area contributed by atoms with E-state index in [4.69, 9.17) is 5.73 Å². The van der Waals surface area contributed by atoms with Gasteiger partial charge in [0.05, 0.1) is 0 Å². The summed E-state index contributed by atoms with van der Waals surface area (Å²) in [7, 11) is 0. The van der Waals surface area contributed by atoms with Crippen LogP contribution in [0.3, 0.4) is 0 Å². The van der Waals surface area contributed by atoms with E-state index >= 15 is 0 Å². The Bertz CT molecular complexity index is 125. The van der Waals surface area contributed by atoms with Crippen LogP contribution >= 0.6 is 12.4 Å². The molecule has 0 aliphatic carbocycles. The van der Waals surface area contributed by atoms with Crippen molar-refractivity contribution in [3.05, 3.63) is 0 Å². The first-order chi connectivity index (χ1) is 4.79. The fraction of sp³-hybridized carbons (Fsp3) is 0.833. The van der Waals surface area contributed by atoms with Crippen LogP contribution in [0.2, 0.25) is 0 Å². The summed E-state index contributed by atoms with van der Waals surface area (Å²) in [4.78, 5) is 10.4. The van der Waals surface area contributed by atoms with Gasteiger partial charge in [0.2, 0.25) is 0 Å². The maximum Gasteiger partial charge on any atom is 0.312 e. The summed E-state index contributed by atoms with van der Waals surface area (Å²) in [6, 6.07) is -0.120. The van der Waals surface area contributed by atoms with E-state index < -0.39 is 6.03 Å². The number of nitrogens with two attached hydrogens (primary N) is 1. The van der Waals surface area contributed by atoms with Gasteiger partial charge in [-0.15, -0.1) is 12.4 Å². The highest BCUT2D eigenvalue weighted by atomic mass is 35.5. The van der Waals surface area contributed by atoms with Crippen molar-refractivity contribution in [2.75, 3.05) is 13.1 Å². The van der Waals surface area contributed by atoms with E-state index in [2.05, 4.69) is 10.6 Å². The van der Waals surface area contributed by atoms with Gasteiger partial charge in [0.25, 0.3) is 0 Å². The maximum absolute atomic E-state index is 10.4. The quantitative estimate of drug-likeness (QED) is 0.523. The first-order valence-corrected chi connectivity index (χ1v) is 3.56. The Labute approximate surface area is 72.3 Å². The minimum atomic E-state index is -0.410. The predicted molar refractivity (Wildman–Crippen MR) is 45.9 cm³/mol. The summed E-state index contributed by atoms with van der Waals surface area (Å²) in [5.41, 5.74) is 4.95. The van der Waals surface area contributed by atoms with E-state index in [1.54, 1.807) is 0 Å². The third-order valence-electron chi connectivity index (χ3n) is 1.69. The van der Waals surface area contributed by atoms with Crippen LogP contribution in [-0.2, 0) is 0 Å². The summed E-state index contributed by atoms with van der Waals surface area (Å²) < 4.78 is 0. The minimum absolute atomic E-state index is 0. The number of urea groups is 1. The van der Waals surface area contributed by atoms with Crippen molar-refractivity contribution in [2.45, 2.75) is 18.9 Å². The zero-order chi connectivity index (χ0) is 7.40. The lowest BCUT2D eigenvalue weighted by Gasteiger charge is -2.22. The van der Waals surface area contributed by atoms with E-state index in [0.717, 1.165) is 25.9 Å². The molecule has 0 spiro atoms. The summed E-state index contributed by atoms with van der Waals surface area (Å²) in [6.07, 6.45) is 1.98. The second-order valence-corrected chi connectivity index (χ2v) is 2.53. The molecule has 1 aliphatic rings. The number of amides is 2. The standard InChI is InChI=1S/C6H13N3O.ClH/c7-6(10)9-5-1-3-8-4-2-5;/h5,8H,1-4H2,(H3,7,9,10);1H. The predicted octanol–water partition coefficient (Wildman–Crippen LogP) is -0.172. The highest BCUT2D eigenvalue weighted by Gasteiger charge is 2.12. The van der Waals surface area contributed by atoms with Crippen molar-refractivity contribution >= 4 is 18.4 Å². The van der Waals surface area contributed by atoms with E-state index in [9.17, 15) is 4.79 Å². The number of piperidine rings is 1. The van der Waals surface area contributed by atoms with Gasteiger partial charge in [-0.05, 0) is 25.9 Å². The lowest BCUT2D eigenvalue weighted by Crippen LogP contribution is -2.44. The molecule has 1 aliphatic heterocycles. The molecule has 0 radical (unpaired) electrons. The number of primary amides is 1. The number of nitrogens with one attached hydrogen (secondary N) is 2. The first kappa shape index (κ1) is 10.5.